The highest BCUT2D eigenvalue weighted by Crippen LogP contribution is 2.33. The van der Waals surface area contributed by atoms with E-state index in [1.165, 1.54) is 5.56 Å². The number of para-hydroxylation sites is 1. The molecule has 0 unspecified atom stereocenters. The second-order valence-electron chi connectivity index (χ2n) is 6.17. The lowest BCUT2D eigenvalue weighted by molar-refractivity contribution is -0.132. The summed E-state index contributed by atoms with van der Waals surface area (Å²) in [4.78, 5) is 14.4. The van der Waals surface area contributed by atoms with Crippen LogP contribution in [0.1, 0.15) is 23.1 Å². The smallest absolute Gasteiger partial charge is 0.223 e. The number of fused-ring (bicyclic) bond motifs is 1. The van der Waals surface area contributed by atoms with Crippen LogP contribution in [-0.4, -0.2) is 36.7 Å². The number of aromatic hydroxyl groups is 1. The number of rotatable bonds is 5. The molecule has 1 aliphatic heterocycles. The van der Waals surface area contributed by atoms with Crippen LogP contribution < -0.4 is 9.47 Å². The molecule has 2 aromatic carbocycles. The Morgan fingerprint density at radius 2 is 1.80 bits per heavy atom. The zero-order valence-electron chi connectivity index (χ0n) is 14.6. The number of methoxy groups -OCH3 is 2. The molecule has 0 atom stereocenters. The molecule has 1 heterocycles. The van der Waals surface area contributed by atoms with E-state index in [2.05, 4.69) is 0 Å². The summed E-state index contributed by atoms with van der Waals surface area (Å²) in [6, 6.07) is 11.1. The number of aryl methyl sites for hydroxylation is 1. The summed E-state index contributed by atoms with van der Waals surface area (Å²) < 4.78 is 10.7. The van der Waals surface area contributed by atoms with Crippen LogP contribution in [0.5, 0.6) is 17.2 Å². The van der Waals surface area contributed by atoms with Gasteiger partial charge in [0.1, 0.15) is 5.75 Å². The molecular weight excluding hydrogens is 318 g/mol. The van der Waals surface area contributed by atoms with Gasteiger partial charge in [-0.05, 0) is 47.7 Å². The first-order chi connectivity index (χ1) is 12.1. The van der Waals surface area contributed by atoms with E-state index in [4.69, 9.17) is 9.47 Å². The van der Waals surface area contributed by atoms with Crippen molar-refractivity contribution < 1.29 is 19.4 Å². The minimum atomic E-state index is 0.101. The van der Waals surface area contributed by atoms with E-state index in [1.807, 2.05) is 29.2 Å². The Balaban J connectivity index is 1.67. The topological polar surface area (TPSA) is 59.0 Å². The largest absolute Gasteiger partial charge is 0.508 e. The van der Waals surface area contributed by atoms with E-state index in [9.17, 15) is 9.90 Å². The van der Waals surface area contributed by atoms with E-state index in [-0.39, 0.29) is 11.7 Å². The van der Waals surface area contributed by atoms with Gasteiger partial charge in [-0.3, -0.25) is 4.79 Å². The molecule has 1 amide bonds. The summed E-state index contributed by atoms with van der Waals surface area (Å²) in [5.41, 5.74) is 3.10. The lowest BCUT2D eigenvalue weighted by Crippen LogP contribution is -2.36. The number of carbonyl (C=O) groups is 1. The number of ether oxygens (including phenoxy) is 2. The van der Waals surface area contributed by atoms with Crippen LogP contribution in [0.25, 0.3) is 0 Å². The fraction of sp³-hybridized carbons (Fsp3) is 0.350. The zero-order valence-corrected chi connectivity index (χ0v) is 14.6. The number of phenolic OH excluding ortho intramolecular Hbond substituents is 1. The number of amides is 1. The summed E-state index contributed by atoms with van der Waals surface area (Å²) >= 11 is 0. The Kier molecular flexibility index (Phi) is 5.12. The molecule has 0 saturated carbocycles. The van der Waals surface area contributed by atoms with E-state index >= 15 is 0 Å². The Bertz CT molecular complexity index is 772. The molecule has 0 fully saturated rings. The predicted molar refractivity (Wildman–Crippen MR) is 95.1 cm³/mol. The maximum Gasteiger partial charge on any atom is 0.223 e. The highest BCUT2D eigenvalue weighted by molar-refractivity contribution is 5.77. The van der Waals surface area contributed by atoms with Gasteiger partial charge in [0.25, 0.3) is 0 Å². The molecule has 5 nitrogen and oxygen atoms in total. The van der Waals surface area contributed by atoms with Crippen molar-refractivity contribution in [3.05, 3.63) is 53.1 Å². The lowest BCUT2D eigenvalue weighted by Gasteiger charge is -2.29. The van der Waals surface area contributed by atoms with Crippen molar-refractivity contribution in [2.45, 2.75) is 25.8 Å². The highest BCUT2D eigenvalue weighted by Gasteiger charge is 2.22. The molecule has 0 bridgehead atoms. The van der Waals surface area contributed by atoms with Gasteiger partial charge in [-0.15, -0.1) is 0 Å². The molecule has 1 aliphatic rings. The minimum Gasteiger partial charge on any atom is -0.508 e. The van der Waals surface area contributed by atoms with Crippen LogP contribution in [0.2, 0.25) is 0 Å². The SMILES string of the molecule is COc1cc2c(cc1OC)CN(C(=O)CCc1ccccc1O)CC2. The number of phenols is 1. The summed E-state index contributed by atoms with van der Waals surface area (Å²) in [5, 5.41) is 9.82. The first-order valence-electron chi connectivity index (χ1n) is 8.40. The fourth-order valence-electron chi connectivity index (χ4n) is 3.22. The van der Waals surface area contributed by atoms with Crippen LogP contribution in [0.15, 0.2) is 36.4 Å². The standard InChI is InChI=1S/C20H23NO4/c1-24-18-11-15-9-10-21(13-16(15)12-19(18)25-2)20(23)8-7-14-5-3-4-6-17(14)22/h3-6,11-12,22H,7-10,13H2,1-2H3. The van der Waals surface area contributed by atoms with Gasteiger partial charge in [-0.25, -0.2) is 0 Å². The molecule has 0 saturated heterocycles. The van der Waals surface area contributed by atoms with Gasteiger partial charge in [-0.2, -0.15) is 0 Å². The molecule has 132 valence electrons. The molecule has 3 rings (SSSR count). The van der Waals surface area contributed by atoms with E-state index in [1.54, 1.807) is 26.4 Å². The molecule has 0 radical (unpaired) electrons. The van der Waals surface area contributed by atoms with Gasteiger partial charge < -0.3 is 19.5 Å². The van der Waals surface area contributed by atoms with Crippen molar-refractivity contribution in [3.63, 3.8) is 0 Å². The van der Waals surface area contributed by atoms with Gasteiger partial charge in [0.2, 0.25) is 5.91 Å². The van der Waals surface area contributed by atoms with Gasteiger partial charge in [0.15, 0.2) is 11.5 Å². The molecule has 0 spiro atoms. The molecule has 0 aromatic heterocycles. The van der Waals surface area contributed by atoms with Crippen LogP contribution in [0.3, 0.4) is 0 Å². The first-order valence-corrected chi connectivity index (χ1v) is 8.40. The number of nitrogens with zero attached hydrogens (tertiary/aromatic N) is 1. The summed E-state index contributed by atoms with van der Waals surface area (Å²) in [6.07, 6.45) is 1.74. The van der Waals surface area contributed by atoms with Gasteiger partial charge in [0.05, 0.1) is 14.2 Å². The molecule has 2 aromatic rings. The quantitative estimate of drug-likeness (QED) is 0.908. The zero-order chi connectivity index (χ0) is 17.8. The third kappa shape index (κ3) is 3.71. The second-order valence-corrected chi connectivity index (χ2v) is 6.17. The third-order valence-corrected chi connectivity index (χ3v) is 4.67. The molecule has 25 heavy (non-hydrogen) atoms. The van der Waals surface area contributed by atoms with Crippen LogP contribution in [-0.2, 0) is 24.2 Å². The summed E-state index contributed by atoms with van der Waals surface area (Å²) in [5.74, 6) is 1.75. The van der Waals surface area contributed by atoms with Gasteiger partial charge in [-0.1, -0.05) is 18.2 Å². The van der Waals surface area contributed by atoms with E-state index in [0.717, 1.165) is 23.3 Å². The molecule has 1 N–H and O–H groups in total. The monoisotopic (exact) mass is 341 g/mol. The summed E-state index contributed by atoms with van der Waals surface area (Å²) in [6.45, 7) is 1.28. The molecule has 5 heteroatoms. The van der Waals surface area contributed by atoms with E-state index < -0.39 is 0 Å². The van der Waals surface area contributed by atoms with Crippen molar-refractivity contribution in [2.24, 2.45) is 0 Å². The van der Waals surface area contributed by atoms with Gasteiger partial charge >= 0.3 is 0 Å². The van der Waals surface area contributed by atoms with E-state index in [0.29, 0.717) is 31.7 Å². The number of hydrogen-bond donors (Lipinski definition) is 1. The molecular formula is C20H23NO4. The average Bonchev–Trinajstić information content (AvgIpc) is 2.65. The lowest BCUT2D eigenvalue weighted by atomic mass is 9.98. The highest BCUT2D eigenvalue weighted by atomic mass is 16.5. The maximum atomic E-state index is 12.6. The Labute approximate surface area is 147 Å². The first kappa shape index (κ1) is 17.1. The van der Waals surface area contributed by atoms with Crippen molar-refractivity contribution >= 4 is 5.91 Å². The number of carbonyl (C=O) groups excluding carboxylic acids is 1. The van der Waals surface area contributed by atoms with Crippen molar-refractivity contribution in [1.82, 2.24) is 4.90 Å². The Hall–Kier alpha value is -2.69. The van der Waals surface area contributed by atoms with Crippen LogP contribution in [0.4, 0.5) is 0 Å². The number of hydrogen-bond acceptors (Lipinski definition) is 4. The van der Waals surface area contributed by atoms with Crippen molar-refractivity contribution in [1.29, 1.82) is 0 Å². The third-order valence-electron chi connectivity index (χ3n) is 4.67. The van der Waals surface area contributed by atoms with Crippen LogP contribution in [0, 0.1) is 0 Å². The minimum absolute atomic E-state index is 0.101. The molecule has 0 aliphatic carbocycles. The second kappa shape index (κ2) is 7.47. The van der Waals surface area contributed by atoms with Crippen molar-refractivity contribution in [2.75, 3.05) is 20.8 Å². The normalized spacial score (nSPS) is 13.3. The summed E-state index contributed by atoms with van der Waals surface area (Å²) in [7, 11) is 3.24. The average molecular weight is 341 g/mol. The van der Waals surface area contributed by atoms with Crippen LogP contribution >= 0.6 is 0 Å². The number of benzene rings is 2. The van der Waals surface area contributed by atoms with Gasteiger partial charge in [0, 0.05) is 19.5 Å². The van der Waals surface area contributed by atoms with Crippen molar-refractivity contribution in [3.8, 4) is 17.2 Å². The Morgan fingerprint density at radius 1 is 1.12 bits per heavy atom. The Morgan fingerprint density at radius 3 is 2.48 bits per heavy atom. The predicted octanol–water partition coefficient (Wildman–Crippen LogP) is 2.93. The fourth-order valence-corrected chi connectivity index (χ4v) is 3.22. The maximum absolute atomic E-state index is 12.6.